The van der Waals surface area contributed by atoms with Gasteiger partial charge in [0.2, 0.25) is 0 Å². The maximum absolute atomic E-state index is 10.2. The number of aromatic nitrogens is 3. The van der Waals surface area contributed by atoms with Crippen LogP contribution < -0.4 is 0 Å². The molecule has 0 bridgehead atoms. The Bertz CT molecular complexity index is 969. The molecule has 1 N–H and O–H groups in total. The molecule has 0 fully saturated rings. The van der Waals surface area contributed by atoms with E-state index in [1.54, 1.807) is 16.8 Å². The Morgan fingerprint density at radius 3 is 1.88 bits per heavy atom. The van der Waals surface area contributed by atoms with E-state index in [4.69, 9.17) is 0 Å². The Morgan fingerprint density at radius 1 is 0.680 bits per heavy atom. The van der Waals surface area contributed by atoms with E-state index in [1.807, 2.05) is 72.8 Å². The van der Waals surface area contributed by atoms with Crippen molar-refractivity contribution in [1.29, 1.82) is 0 Å². The van der Waals surface area contributed by atoms with Crippen LogP contribution in [0, 0.1) is 0 Å². The van der Waals surface area contributed by atoms with E-state index >= 15 is 0 Å². The smallest absolute Gasteiger partial charge is 0.141 e. The first-order valence-corrected chi connectivity index (χ1v) is 7.69. The number of hydrogen-bond donors (Lipinski definition) is 1. The molecule has 0 saturated heterocycles. The maximum Gasteiger partial charge on any atom is 0.141 e. The van der Waals surface area contributed by atoms with Crippen molar-refractivity contribution in [3.63, 3.8) is 0 Å². The number of phenolic OH excluding ortho intramolecular Hbond substituents is 1. The van der Waals surface area contributed by atoms with Crippen LogP contribution in [-0.4, -0.2) is 20.1 Å². The number of aromatic hydroxyl groups is 1. The number of benzene rings is 3. The Balaban J connectivity index is 0.00000182. The van der Waals surface area contributed by atoms with Gasteiger partial charge in [-0.3, -0.25) is 0 Å². The molecule has 4 nitrogen and oxygen atoms in total. The van der Waals surface area contributed by atoms with Gasteiger partial charge >= 0.3 is 0 Å². The number of nitrogens with zero attached hydrogens (tertiary/aromatic N) is 3. The van der Waals surface area contributed by atoms with E-state index in [1.165, 1.54) is 0 Å². The van der Waals surface area contributed by atoms with Crippen LogP contribution in [0.25, 0.3) is 28.2 Å². The van der Waals surface area contributed by atoms with Crippen LogP contribution in [-0.2, 0) is 19.5 Å². The fourth-order valence-electron chi connectivity index (χ4n) is 2.74. The summed E-state index contributed by atoms with van der Waals surface area (Å²) < 4.78 is 1.69. The molecule has 1 heterocycles. The number of phenols is 1. The fraction of sp³-hybridized carbons (Fsp3) is 0. The summed E-state index contributed by atoms with van der Waals surface area (Å²) in [5.74, 6) is 0.166. The third-order valence-corrected chi connectivity index (χ3v) is 3.87. The molecule has 3 aromatic carbocycles. The molecule has 0 saturated carbocycles. The van der Waals surface area contributed by atoms with Gasteiger partial charge in [-0.2, -0.15) is 0 Å². The number of para-hydroxylation sites is 2. The van der Waals surface area contributed by atoms with Gasteiger partial charge in [0.15, 0.2) is 0 Å². The predicted molar refractivity (Wildman–Crippen MR) is 93.9 cm³/mol. The van der Waals surface area contributed by atoms with Crippen molar-refractivity contribution in [3.8, 4) is 34.0 Å². The second kappa shape index (κ2) is 7.41. The first-order valence-electron chi connectivity index (χ1n) is 7.69. The zero-order valence-electron chi connectivity index (χ0n) is 13.6. The fourth-order valence-corrected chi connectivity index (χ4v) is 2.74. The molecule has 0 radical (unpaired) electrons. The molecule has 0 aliphatic rings. The van der Waals surface area contributed by atoms with E-state index in [2.05, 4.69) is 10.3 Å². The maximum atomic E-state index is 10.2. The summed E-state index contributed by atoms with van der Waals surface area (Å²) in [6, 6.07) is 27.0. The second-order valence-electron chi connectivity index (χ2n) is 5.42. The average Bonchev–Trinajstić information content (AvgIpc) is 3.08. The van der Waals surface area contributed by atoms with Crippen molar-refractivity contribution in [2.75, 3.05) is 0 Å². The summed E-state index contributed by atoms with van der Waals surface area (Å²) in [4.78, 5) is 0. The Hall–Kier alpha value is -2.78. The molecule has 0 unspecified atom stereocenters. The molecule has 0 spiro atoms. The quantitative estimate of drug-likeness (QED) is 0.541. The third-order valence-electron chi connectivity index (χ3n) is 3.87. The Morgan fingerprint density at radius 2 is 1.24 bits per heavy atom. The minimum Gasteiger partial charge on any atom is -0.506 e. The van der Waals surface area contributed by atoms with Gasteiger partial charge < -0.3 is 5.11 Å². The summed E-state index contributed by atoms with van der Waals surface area (Å²) in [5, 5.41) is 18.9. The molecule has 0 aliphatic carbocycles. The van der Waals surface area contributed by atoms with Gasteiger partial charge in [-0.05, 0) is 12.1 Å². The minimum absolute atomic E-state index is 0. The summed E-state index contributed by atoms with van der Waals surface area (Å²) in [6.45, 7) is 0. The third kappa shape index (κ3) is 3.24. The first-order chi connectivity index (χ1) is 11.8. The van der Waals surface area contributed by atoms with E-state index < -0.39 is 0 Å². The molecule has 0 amide bonds. The molecule has 0 aliphatic heterocycles. The molecule has 5 heteroatoms. The Labute approximate surface area is 158 Å². The summed E-state index contributed by atoms with van der Waals surface area (Å²) in [5.41, 5.74) is 4.21. The van der Waals surface area contributed by atoms with Crippen molar-refractivity contribution in [1.82, 2.24) is 15.0 Å². The number of hydrogen-bond acceptors (Lipinski definition) is 3. The minimum atomic E-state index is 0. The summed E-state index contributed by atoms with van der Waals surface area (Å²) in [6.07, 6.45) is 0. The standard InChI is InChI=1S/C20H15N3O.Zn/c24-18-14-8-7-13-17(18)23-20(16-11-5-2-6-12-16)19(21-22-23)15-9-3-1-4-10-15;/h1-14,24H;. The van der Waals surface area contributed by atoms with Crippen LogP contribution in [0.2, 0.25) is 0 Å². The molecule has 118 valence electrons. The van der Waals surface area contributed by atoms with Crippen molar-refractivity contribution in [3.05, 3.63) is 84.9 Å². The topological polar surface area (TPSA) is 50.9 Å². The molecular formula is C20H15N3OZn. The van der Waals surface area contributed by atoms with Crippen molar-refractivity contribution >= 4 is 0 Å². The Kier molecular flexibility index (Phi) is 5.06. The summed E-state index contributed by atoms with van der Waals surface area (Å²) in [7, 11) is 0. The second-order valence-corrected chi connectivity index (χ2v) is 5.42. The van der Waals surface area contributed by atoms with E-state index in [0.29, 0.717) is 5.69 Å². The van der Waals surface area contributed by atoms with E-state index in [-0.39, 0.29) is 25.2 Å². The molecular weight excluding hydrogens is 364 g/mol. The molecule has 0 atom stereocenters. The SMILES string of the molecule is Oc1ccccc1-n1nnc(-c2ccccc2)c1-c1ccccc1.[Zn]. The summed E-state index contributed by atoms with van der Waals surface area (Å²) >= 11 is 0. The van der Waals surface area contributed by atoms with Gasteiger partial charge in [-0.25, -0.2) is 4.68 Å². The van der Waals surface area contributed by atoms with Crippen molar-refractivity contribution in [2.45, 2.75) is 0 Å². The van der Waals surface area contributed by atoms with Gasteiger partial charge in [0.05, 0.1) is 0 Å². The van der Waals surface area contributed by atoms with Crippen LogP contribution in [0.1, 0.15) is 0 Å². The molecule has 1 aromatic heterocycles. The van der Waals surface area contributed by atoms with Gasteiger partial charge in [0, 0.05) is 30.6 Å². The largest absolute Gasteiger partial charge is 0.506 e. The normalized spacial score (nSPS) is 10.2. The molecule has 25 heavy (non-hydrogen) atoms. The van der Waals surface area contributed by atoms with Gasteiger partial charge in [0.25, 0.3) is 0 Å². The van der Waals surface area contributed by atoms with Crippen molar-refractivity contribution < 1.29 is 24.6 Å². The average molecular weight is 379 g/mol. The van der Waals surface area contributed by atoms with Crippen molar-refractivity contribution in [2.24, 2.45) is 0 Å². The molecule has 4 aromatic rings. The van der Waals surface area contributed by atoms with E-state index in [0.717, 1.165) is 22.5 Å². The van der Waals surface area contributed by atoms with Crippen LogP contribution in [0.5, 0.6) is 5.75 Å². The van der Waals surface area contributed by atoms with Crippen LogP contribution in [0.3, 0.4) is 0 Å². The molecule has 4 rings (SSSR count). The van der Waals surface area contributed by atoms with Gasteiger partial charge in [-0.15, -0.1) is 5.10 Å². The van der Waals surface area contributed by atoms with Gasteiger partial charge in [-0.1, -0.05) is 78.0 Å². The zero-order chi connectivity index (χ0) is 16.4. The predicted octanol–water partition coefficient (Wildman–Crippen LogP) is 4.30. The number of rotatable bonds is 3. The van der Waals surface area contributed by atoms with Crippen LogP contribution in [0.15, 0.2) is 84.9 Å². The van der Waals surface area contributed by atoms with Crippen LogP contribution >= 0.6 is 0 Å². The first kappa shape index (κ1) is 17.1. The van der Waals surface area contributed by atoms with E-state index in [9.17, 15) is 5.11 Å². The van der Waals surface area contributed by atoms with Gasteiger partial charge in [0.1, 0.15) is 22.8 Å². The van der Waals surface area contributed by atoms with Crippen LogP contribution in [0.4, 0.5) is 0 Å². The zero-order valence-corrected chi connectivity index (χ0v) is 16.5. The monoisotopic (exact) mass is 377 g/mol.